The molecule has 1 amide bonds. The van der Waals surface area contributed by atoms with Gasteiger partial charge in [-0.2, -0.15) is 4.68 Å². The number of aromatic nitrogens is 9. The Morgan fingerprint density at radius 2 is 1.79 bits per heavy atom. The number of imidazole rings is 1. The maximum absolute atomic E-state index is 13.2. The van der Waals surface area contributed by atoms with E-state index in [1.807, 2.05) is 38.1 Å². The number of nitrogens with zero attached hydrogens (tertiary/aromatic N) is 10. The lowest BCUT2D eigenvalue weighted by atomic mass is 9.92. The molecule has 0 unspecified atom stereocenters. The van der Waals surface area contributed by atoms with E-state index in [0.29, 0.717) is 35.8 Å². The first kappa shape index (κ1) is 30.9. The average molecular weight is 653 g/mol. The fourth-order valence-electron chi connectivity index (χ4n) is 6.60. The van der Waals surface area contributed by atoms with Gasteiger partial charge in [-0.15, -0.1) is 10.2 Å². The smallest absolute Gasteiger partial charge is 0.352 e. The molecule has 1 saturated heterocycles. The Hall–Kier alpha value is -5.73. The highest BCUT2D eigenvalue weighted by Gasteiger charge is 2.27. The third kappa shape index (κ3) is 5.40. The van der Waals surface area contributed by atoms with E-state index in [4.69, 9.17) is 0 Å². The number of aryl methyl sites for hydroxylation is 2. The Labute approximate surface area is 274 Å². The van der Waals surface area contributed by atoms with Crippen molar-refractivity contribution in [1.82, 2.24) is 48.6 Å². The first-order valence-electron chi connectivity index (χ1n) is 16.0. The van der Waals surface area contributed by atoms with Gasteiger partial charge in [-0.25, -0.2) is 18.7 Å². The number of hydrogen-bond donors (Lipinski definition) is 3. The first-order valence-corrected chi connectivity index (χ1v) is 16.0. The third-order valence-electron chi connectivity index (χ3n) is 9.28. The van der Waals surface area contributed by atoms with E-state index < -0.39 is 5.69 Å². The van der Waals surface area contributed by atoms with Gasteiger partial charge in [-0.05, 0) is 73.4 Å². The van der Waals surface area contributed by atoms with Crippen LogP contribution in [0, 0.1) is 5.92 Å². The molecular weight excluding hydrogens is 616 g/mol. The van der Waals surface area contributed by atoms with Crippen LogP contribution in [0.1, 0.15) is 61.5 Å². The summed E-state index contributed by atoms with van der Waals surface area (Å²) in [6.45, 7) is 5.95. The van der Waals surface area contributed by atoms with E-state index in [0.717, 1.165) is 47.8 Å². The molecule has 1 aliphatic heterocycles. The summed E-state index contributed by atoms with van der Waals surface area (Å²) in [4.78, 5) is 31.4. The summed E-state index contributed by atoms with van der Waals surface area (Å²) in [7, 11) is 1.49. The van der Waals surface area contributed by atoms with E-state index in [2.05, 4.69) is 36.3 Å². The van der Waals surface area contributed by atoms with Crippen molar-refractivity contribution in [2.24, 2.45) is 13.0 Å². The number of piperidine rings is 1. The van der Waals surface area contributed by atoms with Crippen LogP contribution in [0.5, 0.6) is 17.5 Å². The number of phenols is 2. The second kappa shape index (κ2) is 12.1. The highest BCUT2D eigenvalue weighted by Crippen LogP contribution is 2.39. The largest absolute Gasteiger partial charge is 0.508 e. The maximum Gasteiger partial charge on any atom is 0.352 e. The summed E-state index contributed by atoms with van der Waals surface area (Å²) in [6.07, 6.45) is 7.15. The zero-order chi connectivity index (χ0) is 33.7. The zero-order valence-corrected chi connectivity index (χ0v) is 26.9. The molecule has 2 aromatic carbocycles. The fraction of sp³-hybridized carbons (Fsp3) is 0.364. The number of amides is 1. The van der Waals surface area contributed by atoms with E-state index in [1.165, 1.54) is 28.4 Å². The summed E-state index contributed by atoms with van der Waals surface area (Å²) < 4.78 is 6.02. The van der Waals surface area contributed by atoms with Crippen LogP contribution in [-0.4, -0.2) is 82.9 Å². The number of fused-ring (bicyclic) bond motifs is 2. The van der Waals surface area contributed by atoms with E-state index >= 15 is 0 Å². The quantitative estimate of drug-likeness (QED) is 0.220. The summed E-state index contributed by atoms with van der Waals surface area (Å²) in [5.74, 6) is 0.363. The van der Waals surface area contributed by atoms with Gasteiger partial charge in [0.15, 0.2) is 17.2 Å². The highest BCUT2D eigenvalue weighted by molar-refractivity contribution is 5.97. The molecule has 248 valence electrons. The normalized spacial score (nSPS) is 14.1. The minimum absolute atomic E-state index is 0.00457. The van der Waals surface area contributed by atoms with Gasteiger partial charge in [0.1, 0.15) is 17.8 Å². The predicted octanol–water partition coefficient (Wildman–Crippen LogP) is 3.60. The van der Waals surface area contributed by atoms with Crippen molar-refractivity contribution < 1.29 is 20.1 Å². The van der Waals surface area contributed by atoms with Crippen molar-refractivity contribution in [3.8, 4) is 34.6 Å². The van der Waals surface area contributed by atoms with E-state index in [-0.39, 0.29) is 46.5 Å². The molecule has 0 aliphatic carbocycles. The van der Waals surface area contributed by atoms with Gasteiger partial charge in [0, 0.05) is 49.8 Å². The SMILES string of the molecule is CC(C)c1cc(-c2nnc(O)n2-c2ccc3c(ccn3CCCC3CCN(C(=O)c4ncn5c(=O)n(C)nnc45)CC3)c2)c(O)cc1O. The van der Waals surface area contributed by atoms with Crippen molar-refractivity contribution in [1.29, 1.82) is 0 Å². The molecule has 48 heavy (non-hydrogen) atoms. The van der Waals surface area contributed by atoms with Gasteiger partial charge in [0.2, 0.25) is 0 Å². The van der Waals surface area contributed by atoms with Gasteiger partial charge < -0.3 is 24.8 Å². The number of benzene rings is 2. The van der Waals surface area contributed by atoms with Crippen LogP contribution in [-0.2, 0) is 13.6 Å². The van der Waals surface area contributed by atoms with Crippen LogP contribution < -0.4 is 5.69 Å². The molecule has 1 fully saturated rings. The summed E-state index contributed by atoms with van der Waals surface area (Å²) in [6, 6.07) is 10.5. The molecule has 1 aliphatic rings. The molecule has 0 atom stereocenters. The molecule has 0 saturated carbocycles. The lowest BCUT2D eigenvalue weighted by Crippen LogP contribution is -2.39. The number of likely N-dealkylation sites (tertiary alicyclic amines) is 1. The number of phenolic OH excluding ortho intramolecular Hbond substituents is 2. The van der Waals surface area contributed by atoms with Crippen molar-refractivity contribution in [3.63, 3.8) is 0 Å². The summed E-state index contributed by atoms with van der Waals surface area (Å²) in [5.41, 5.74) is 2.61. The van der Waals surface area contributed by atoms with Crippen molar-refractivity contribution in [2.45, 2.75) is 52.0 Å². The number of carbonyl (C=O) groups excluding carboxylic acids is 1. The highest BCUT2D eigenvalue weighted by atomic mass is 16.3. The van der Waals surface area contributed by atoms with Crippen molar-refractivity contribution in [3.05, 3.63) is 70.7 Å². The summed E-state index contributed by atoms with van der Waals surface area (Å²) in [5, 5.41) is 48.4. The lowest BCUT2D eigenvalue weighted by Gasteiger charge is -2.31. The first-order chi connectivity index (χ1) is 23.1. The molecule has 0 radical (unpaired) electrons. The third-order valence-corrected chi connectivity index (χ3v) is 9.28. The second-order valence-electron chi connectivity index (χ2n) is 12.7. The minimum atomic E-state index is -0.406. The van der Waals surface area contributed by atoms with Crippen LogP contribution in [0.2, 0.25) is 0 Å². The van der Waals surface area contributed by atoms with E-state index in [9.17, 15) is 24.9 Å². The molecule has 4 aromatic heterocycles. The van der Waals surface area contributed by atoms with Crippen LogP contribution in [0.4, 0.5) is 0 Å². The average Bonchev–Trinajstić information content (AvgIpc) is 3.79. The summed E-state index contributed by atoms with van der Waals surface area (Å²) >= 11 is 0. The lowest BCUT2D eigenvalue weighted by molar-refractivity contribution is 0.0681. The number of hydrogen-bond acceptors (Lipinski definition) is 10. The van der Waals surface area contributed by atoms with Gasteiger partial charge in [-0.1, -0.05) is 24.2 Å². The fourth-order valence-corrected chi connectivity index (χ4v) is 6.60. The Morgan fingerprint density at radius 1 is 1.00 bits per heavy atom. The molecule has 0 spiro atoms. The minimum Gasteiger partial charge on any atom is -0.508 e. The molecule has 5 heterocycles. The Kier molecular flexibility index (Phi) is 7.81. The molecule has 15 heteroatoms. The zero-order valence-electron chi connectivity index (χ0n) is 26.9. The molecule has 7 rings (SSSR count). The standard InChI is InChI=1S/C33H36N10O5/c1-19(2)23-16-24(27(45)17-26(23)44)29-35-37-32(47)43(29)22-6-7-25-21(15-22)10-14-40(25)11-4-5-20-8-12-41(13-9-20)31(46)28-30-36-38-39(3)33(48)42(30)18-34-28/h6-7,10,14-20,44-45H,4-5,8-9,11-13H2,1-3H3,(H,37,47). The van der Waals surface area contributed by atoms with Gasteiger partial charge in [0.05, 0.1) is 11.3 Å². The maximum atomic E-state index is 13.2. The van der Waals surface area contributed by atoms with Crippen LogP contribution in [0.3, 0.4) is 0 Å². The molecular formula is C33H36N10O5. The van der Waals surface area contributed by atoms with Crippen LogP contribution in [0.15, 0.2) is 53.7 Å². The molecule has 6 aromatic rings. The van der Waals surface area contributed by atoms with Gasteiger partial charge in [-0.3, -0.25) is 4.79 Å². The van der Waals surface area contributed by atoms with Crippen LogP contribution >= 0.6 is 0 Å². The van der Waals surface area contributed by atoms with Crippen LogP contribution in [0.25, 0.3) is 33.6 Å². The van der Waals surface area contributed by atoms with E-state index in [1.54, 1.807) is 11.0 Å². The van der Waals surface area contributed by atoms with Crippen molar-refractivity contribution >= 4 is 22.5 Å². The number of aromatic hydroxyl groups is 3. The van der Waals surface area contributed by atoms with Gasteiger partial charge >= 0.3 is 11.7 Å². The second-order valence-corrected chi connectivity index (χ2v) is 12.7. The number of rotatable bonds is 8. The Morgan fingerprint density at radius 3 is 2.56 bits per heavy atom. The van der Waals surface area contributed by atoms with Crippen molar-refractivity contribution in [2.75, 3.05) is 13.1 Å². The topological polar surface area (TPSA) is 182 Å². The molecule has 3 N–H and O–H groups in total. The Bertz CT molecular complexity index is 2220. The molecule has 15 nitrogen and oxygen atoms in total. The Balaban J connectivity index is 0.995. The number of carbonyl (C=O) groups is 1. The van der Waals surface area contributed by atoms with Gasteiger partial charge in [0.25, 0.3) is 5.91 Å². The monoisotopic (exact) mass is 652 g/mol. The predicted molar refractivity (Wildman–Crippen MR) is 175 cm³/mol. The molecule has 0 bridgehead atoms.